The first-order valence-electron chi connectivity index (χ1n) is 5.95. The number of anilines is 1. The molecule has 0 aliphatic carbocycles. The van der Waals surface area contributed by atoms with Crippen LogP contribution in [-0.4, -0.2) is 8.42 Å². The zero-order valence-corrected chi connectivity index (χ0v) is 16.0. The molecule has 0 atom stereocenters. The highest BCUT2D eigenvalue weighted by atomic mass is 79.9. The van der Waals surface area contributed by atoms with Gasteiger partial charge in [0.05, 0.1) is 9.92 Å². The molecule has 0 fully saturated rings. The van der Waals surface area contributed by atoms with Crippen LogP contribution in [-0.2, 0) is 10.0 Å². The summed E-state index contributed by atoms with van der Waals surface area (Å²) >= 11 is 12.6. The van der Waals surface area contributed by atoms with Crippen LogP contribution in [0.4, 0.5) is 5.69 Å². The third-order valence-electron chi connectivity index (χ3n) is 2.89. The van der Waals surface area contributed by atoms with Crippen molar-refractivity contribution in [1.29, 1.82) is 0 Å². The fraction of sp³-hybridized carbons (Fsp3) is 0.143. The van der Waals surface area contributed by atoms with Gasteiger partial charge in [-0.15, -0.1) is 0 Å². The third kappa shape index (κ3) is 3.80. The van der Waals surface area contributed by atoms with E-state index in [-0.39, 0.29) is 4.90 Å². The summed E-state index contributed by atoms with van der Waals surface area (Å²) in [5, 5.41) is 0.462. The lowest BCUT2D eigenvalue weighted by Gasteiger charge is -2.12. The molecule has 0 aromatic heterocycles. The monoisotopic (exact) mass is 451 g/mol. The van der Waals surface area contributed by atoms with E-state index in [2.05, 4.69) is 36.6 Å². The van der Waals surface area contributed by atoms with Crippen molar-refractivity contribution in [1.82, 2.24) is 0 Å². The summed E-state index contributed by atoms with van der Waals surface area (Å²) in [6, 6.07) is 8.04. The standard InChI is InChI=1S/C14H12Br2ClNO2S/c1-8-5-10(6-9(2)14(8)16)18-21(19,20)11-3-4-13(17)12(15)7-11/h3-7,18H,1-2H3. The Bertz CT molecular complexity index is 784. The average molecular weight is 454 g/mol. The maximum absolute atomic E-state index is 12.4. The number of sulfonamides is 1. The fourth-order valence-corrected chi connectivity index (χ4v) is 3.81. The van der Waals surface area contributed by atoms with Gasteiger partial charge in [0, 0.05) is 14.6 Å². The summed E-state index contributed by atoms with van der Waals surface area (Å²) in [6.07, 6.45) is 0. The Balaban J connectivity index is 2.39. The van der Waals surface area contributed by atoms with Gasteiger partial charge in [0.2, 0.25) is 0 Å². The lowest BCUT2D eigenvalue weighted by atomic mass is 10.1. The predicted octanol–water partition coefficient (Wildman–Crippen LogP) is 5.28. The van der Waals surface area contributed by atoms with E-state index >= 15 is 0 Å². The van der Waals surface area contributed by atoms with Crippen LogP contribution in [0.25, 0.3) is 0 Å². The van der Waals surface area contributed by atoms with Crippen LogP contribution in [0.15, 0.2) is 44.2 Å². The van der Waals surface area contributed by atoms with E-state index in [1.165, 1.54) is 18.2 Å². The number of benzene rings is 2. The molecule has 7 heteroatoms. The zero-order valence-electron chi connectivity index (χ0n) is 11.2. The normalized spacial score (nSPS) is 11.5. The number of hydrogen-bond acceptors (Lipinski definition) is 2. The van der Waals surface area contributed by atoms with Gasteiger partial charge in [-0.3, -0.25) is 4.72 Å². The molecule has 2 aromatic rings. The first-order valence-corrected chi connectivity index (χ1v) is 9.40. The van der Waals surface area contributed by atoms with Crippen molar-refractivity contribution < 1.29 is 8.42 Å². The summed E-state index contributed by atoms with van der Waals surface area (Å²) in [5.41, 5.74) is 2.45. The molecule has 0 aliphatic rings. The van der Waals surface area contributed by atoms with E-state index in [9.17, 15) is 8.42 Å². The zero-order chi connectivity index (χ0) is 15.8. The van der Waals surface area contributed by atoms with E-state index in [1.807, 2.05) is 13.8 Å². The SMILES string of the molecule is Cc1cc(NS(=O)(=O)c2ccc(Cl)c(Br)c2)cc(C)c1Br. The largest absolute Gasteiger partial charge is 0.280 e. The summed E-state index contributed by atoms with van der Waals surface area (Å²) in [5.74, 6) is 0. The van der Waals surface area contributed by atoms with Crippen molar-refractivity contribution in [2.45, 2.75) is 18.7 Å². The first kappa shape index (κ1) is 16.8. The second-order valence-electron chi connectivity index (χ2n) is 4.61. The Morgan fingerprint density at radius 1 is 1.05 bits per heavy atom. The first-order chi connectivity index (χ1) is 9.70. The summed E-state index contributed by atoms with van der Waals surface area (Å²) in [6.45, 7) is 3.82. The second kappa shape index (κ2) is 6.28. The molecule has 0 heterocycles. The Hall–Kier alpha value is -0.560. The summed E-state index contributed by atoms with van der Waals surface area (Å²) in [4.78, 5) is 0.150. The second-order valence-corrected chi connectivity index (χ2v) is 8.34. The van der Waals surface area contributed by atoms with Crippen LogP contribution in [0.5, 0.6) is 0 Å². The number of nitrogens with one attached hydrogen (secondary N) is 1. The Morgan fingerprint density at radius 2 is 1.62 bits per heavy atom. The van der Waals surface area contributed by atoms with Crippen LogP contribution >= 0.6 is 43.5 Å². The molecule has 2 aromatic carbocycles. The Kier molecular flexibility index (Phi) is 5.03. The average Bonchev–Trinajstić information content (AvgIpc) is 2.38. The van der Waals surface area contributed by atoms with E-state index in [1.54, 1.807) is 12.1 Å². The van der Waals surface area contributed by atoms with Crippen LogP contribution < -0.4 is 4.72 Å². The lowest BCUT2D eigenvalue weighted by molar-refractivity contribution is 0.601. The third-order valence-corrected chi connectivity index (χ3v) is 6.73. The van der Waals surface area contributed by atoms with Crippen molar-refractivity contribution in [3.8, 4) is 0 Å². The van der Waals surface area contributed by atoms with Crippen LogP contribution in [0.3, 0.4) is 0 Å². The van der Waals surface area contributed by atoms with Crippen molar-refractivity contribution in [3.63, 3.8) is 0 Å². The highest BCUT2D eigenvalue weighted by Gasteiger charge is 2.16. The molecule has 21 heavy (non-hydrogen) atoms. The van der Waals surface area contributed by atoms with Gasteiger partial charge < -0.3 is 0 Å². The molecule has 3 nitrogen and oxygen atoms in total. The van der Waals surface area contributed by atoms with Gasteiger partial charge in [-0.05, 0) is 71.2 Å². The lowest BCUT2D eigenvalue weighted by Crippen LogP contribution is -2.13. The number of hydrogen-bond donors (Lipinski definition) is 1. The molecular weight excluding hydrogens is 441 g/mol. The highest BCUT2D eigenvalue weighted by molar-refractivity contribution is 9.10. The van der Waals surface area contributed by atoms with Crippen molar-refractivity contribution >= 4 is 59.2 Å². The van der Waals surface area contributed by atoms with E-state index in [0.29, 0.717) is 15.2 Å². The molecule has 112 valence electrons. The van der Waals surface area contributed by atoms with Crippen molar-refractivity contribution in [2.75, 3.05) is 4.72 Å². The number of rotatable bonds is 3. The van der Waals surface area contributed by atoms with Crippen molar-refractivity contribution in [2.24, 2.45) is 0 Å². The quantitative estimate of drug-likeness (QED) is 0.687. The van der Waals surface area contributed by atoms with Gasteiger partial charge in [0.1, 0.15) is 0 Å². The predicted molar refractivity (Wildman–Crippen MR) is 93.6 cm³/mol. The minimum absolute atomic E-state index is 0.150. The Labute approximate surface area is 146 Å². The molecular formula is C14H12Br2ClNO2S. The molecule has 0 radical (unpaired) electrons. The molecule has 0 bridgehead atoms. The van der Waals surface area contributed by atoms with Gasteiger partial charge in [0.25, 0.3) is 10.0 Å². The summed E-state index contributed by atoms with van der Waals surface area (Å²) in [7, 11) is -3.65. The molecule has 0 amide bonds. The van der Waals surface area contributed by atoms with E-state index in [4.69, 9.17) is 11.6 Å². The minimum Gasteiger partial charge on any atom is -0.280 e. The molecule has 0 spiro atoms. The number of halogens is 3. The molecule has 0 unspecified atom stereocenters. The number of aryl methyl sites for hydroxylation is 2. The van der Waals surface area contributed by atoms with Gasteiger partial charge >= 0.3 is 0 Å². The minimum atomic E-state index is -3.65. The van der Waals surface area contributed by atoms with Gasteiger partial charge in [0.15, 0.2) is 0 Å². The molecule has 0 aliphatic heterocycles. The Morgan fingerprint density at radius 3 is 2.14 bits per heavy atom. The topological polar surface area (TPSA) is 46.2 Å². The van der Waals surface area contributed by atoms with E-state index in [0.717, 1.165) is 15.6 Å². The maximum Gasteiger partial charge on any atom is 0.261 e. The van der Waals surface area contributed by atoms with Gasteiger partial charge in [-0.1, -0.05) is 27.5 Å². The van der Waals surface area contributed by atoms with Crippen molar-refractivity contribution in [3.05, 3.63) is 55.4 Å². The molecule has 0 saturated heterocycles. The maximum atomic E-state index is 12.4. The highest BCUT2D eigenvalue weighted by Crippen LogP contribution is 2.28. The smallest absolute Gasteiger partial charge is 0.261 e. The van der Waals surface area contributed by atoms with Gasteiger partial charge in [-0.25, -0.2) is 8.42 Å². The fourth-order valence-electron chi connectivity index (χ4n) is 1.86. The summed E-state index contributed by atoms with van der Waals surface area (Å²) < 4.78 is 28.9. The molecule has 2 rings (SSSR count). The van der Waals surface area contributed by atoms with Gasteiger partial charge in [-0.2, -0.15) is 0 Å². The molecule has 1 N–H and O–H groups in total. The molecule has 0 saturated carbocycles. The van der Waals surface area contributed by atoms with Crippen LogP contribution in [0.2, 0.25) is 5.02 Å². The van der Waals surface area contributed by atoms with E-state index < -0.39 is 10.0 Å². The van der Waals surface area contributed by atoms with Crippen LogP contribution in [0, 0.1) is 13.8 Å². The van der Waals surface area contributed by atoms with Crippen LogP contribution in [0.1, 0.15) is 11.1 Å².